The van der Waals surface area contributed by atoms with Crippen LogP contribution in [-0.4, -0.2) is 41.5 Å². The number of thioether (sulfide) groups is 1. The number of benzene rings is 3. The van der Waals surface area contributed by atoms with Gasteiger partial charge in [-0.2, -0.15) is 0 Å². The van der Waals surface area contributed by atoms with Gasteiger partial charge in [0.1, 0.15) is 0 Å². The Morgan fingerprint density at radius 2 is 1.49 bits per heavy atom. The first-order valence-corrected chi connectivity index (χ1v) is 12.7. The molecule has 0 aromatic heterocycles. The van der Waals surface area contributed by atoms with Crippen LogP contribution in [0.1, 0.15) is 37.0 Å². The van der Waals surface area contributed by atoms with Gasteiger partial charge in [0.05, 0.1) is 10.9 Å². The van der Waals surface area contributed by atoms with Crippen molar-refractivity contribution in [2.75, 3.05) is 13.1 Å². The molecule has 1 heterocycles. The summed E-state index contributed by atoms with van der Waals surface area (Å²) in [5.41, 5.74) is 12.4. The maximum absolute atomic E-state index is 12.9. The van der Waals surface area contributed by atoms with Crippen molar-refractivity contribution in [3.63, 3.8) is 0 Å². The van der Waals surface area contributed by atoms with Crippen molar-refractivity contribution in [3.8, 4) is 0 Å². The van der Waals surface area contributed by atoms with Crippen molar-refractivity contribution >= 4 is 17.9 Å². The molecule has 6 nitrogen and oxygen atoms in total. The van der Waals surface area contributed by atoms with Crippen molar-refractivity contribution in [1.29, 1.82) is 0 Å². The van der Waals surface area contributed by atoms with E-state index >= 15 is 0 Å². The maximum Gasteiger partial charge on any atom is 0.410 e. The fraction of sp³-hybridized carbons (Fsp3) is 0.321. The Labute approximate surface area is 210 Å². The van der Waals surface area contributed by atoms with E-state index in [1.54, 1.807) is 4.90 Å². The Kier molecular flexibility index (Phi) is 8.01. The predicted octanol–water partition coefficient (Wildman–Crippen LogP) is 7.01. The topological polar surface area (TPSA) is 78.3 Å². The highest BCUT2D eigenvalue weighted by Crippen LogP contribution is 2.52. The highest BCUT2D eigenvalue weighted by atomic mass is 32.2. The summed E-state index contributed by atoms with van der Waals surface area (Å²) in [5, 5.41) is 3.90. The largest absolute Gasteiger partial charge is 0.447 e. The Morgan fingerprint density at radius 3 is 1.91 bits per heavy atom. The lowest BCUT2D eigenvalue weighted by molar-refractivity contribution is 0.0742. The third-order valence-corrected chi connectivity index (χ3v) is 7.92. The molecular weight excluding hydrogens is 456 g/mol. The second kappa shape index (κ2) is 11.3. The van der Waals surface area contributed by atoms with Gasteiger partial charge in [-0.25, -0.2) is 4.79 Å². The van der Waals surface area contributed by atoms with Gasteiger partial charge in [0.15, 0.2) is 0 Å². The summed E-state index contributed by atoms with van der Waals surface area (Å²) in [4.78, 5) is 17.6. The molecule has 0 saturated carbocycles. The Balaban J connectivity index is 1.78. The summed E-state index contributed by atoms with van der Waals surface area (Å²) in [5.74, 6) is 0. The van der Waals surface area contributed by atoms with Crippen LogP contribution in [0.4, 0.5) is 4.79 Å². The van der Waals surface area contributed by atoms with Gasteiger partial charge in [0.25, 0.3) is 0 Å². The fourth-order valence-corrected chi connectivity index (χ4v) is 6.60. The zero-order chi connectivity index (χ0) is 24.7. The molecule has 3 aromatic rings. The maximum atomic E-state index is 12.9. The highest BCUT2D eigenvalue weighted by Gasteiger charge is 2.44. The zero-order valence-corrected chi connectivity index (χ0v) is 20.8. The van der Waals surface area contributed by atoms with Crippen molar-refractivity contribution in [2.45, 2.75) is 42.4 Å². The van der Waals surface area contributed by atoms with Gasteiger partial charge in [-0.05, 0) is 42.5 Å². The van der Waals surface area contributed by atoms with E-state index in [1.165, 1.54) is 16.7 Å². The molecule has 2 atom stereocenters. The first-order valence-electron chi connectivity index (χ1n) is 11.9. The number of nitrogens with zero attached hydrogens (tertiary/aromatic N) is 4. The van der Waals surface area contributed by atoms with Crippen LogP contribution in [0.5, 0.6) is 0 Å². The van der Waals surface area contributed by atoms with Crippen LogP contribution in [0.2, 0.25) is 0 Å². The molecule has 0 aliphatic carbocycles. The standard InChI is InChI=1S/C28H30N4O2S/c1-21(2)34-27(33)32-20-26(18-25(32)19-30-31-29)35-28(22-12-6-3-7-13-22,23-14-8-4-9-15-23)24-16-10-5-11-17-24/h3-17,21,25-26H,18-20H2,1-2H3/t25-,26+/m0/s1. The second-order valence-electron chi connectivity index (χ2n) is 8.91. The zero-order valence-electron chi connectivity index (χ0n) is 20.0. The average molecular weight is 487 g/mol. The van der Waals surface area contributed by atoms with Crippen molar-refractivity contribution in [2.24, 2.45) is 5.11 Å². The average Bonchev–Trinajstić information content (AvgIpc) is 3.30. The van der Waals surface area contributed by atoms with E-state index in [1.807, 2.05) is 43.8 Å². The molecule has 0 unspecified atom stereocenters. The van der Waals surface area contributed by atoms with E-state index in [9.17, 15) is 4.79 Å². The third kappa shape index (κ3) is 5.47. The molecule has 1 aliphatic rings. The number of azide groups is 1. The van der Waals surface area contributed by atoms with E-state index in [2.05, 4.69) is 82.8 Å². The normalized spacial score (nSPS) is 17.7. The van der Waals surface area contributed by atoms with Gasteiger partial charge in [-0.15, -0.1) is 11.8 Å². The van der Waals surface area contributed by atoms with E-state index in [0.717, 1.165) is 0 Å². The van der Waals surface area contributed by atoms with E-state index in [4.69, 9.17) is 10.3 Å². The van der Waals surface area contributed by atoms with Crippen LogP contribution in [-0.2, 0) is 9.48 Å². The van der Waals surface area contributed by atoms with E-state index in [-0.39, 0.29) is 30.0 Å². The Bertz CT molecular complexity index is 1050. The number of hydrogen-bond donors (Lipinski definition) is 0. The minimum absolute atomic E-state index is 0.106. The molecular formula is C28H30N4O2S. The van der Waals surface area contributed by atoms with Gasteiger partial charge in [-0.1, -0.05) is 96.1 Å². The van der Waals surface area contributed by atoms with Crippen molar-refractivity contribution < 1.29 is 9.53 Å². The Hall–Kier alpha value is -3.41. The van der Waals surface area contributed by atoms with Gasteiger partial charge < -0.3 is 9.64 Å². The molecule has 4 rings (SSSR count). The summed E-state index contributed by atoms with van der Waals surface area (Å²) in [7, 11) is 0. The smallest absolute Gasteiger partial charge is 0.410 e. The molecule has 7 heteroatoms. The monoisotopic (exact) mass is 486 g/mol. The number of ether oxygens (including phenoxy) is 1. The third-order valence-electron chi connectivity index (χ3n) is 6.19. The molecule has 35 heavy (non-hydrogen) atoms. The van der Waals surface area contributed by atoms with Gasteiger partial charge in [0, 0.05) is 29.3 Å². The van der Waals surface area contributed by atoms with Gasteiger partial charge in [-0.3, -0.25) is 0 Å². The number of carbonyl (C=O) groups is 1. The second-order valence-corrected chi connectivity index (χ2v) is 10.4. The van der Waals surface area contributed by atoms with Gasteiger partial charge in [0.2, 0.25) is 0 Å². The Morgan fingerprint density at radius 1 is 1.00 bits per heavy atom. The van der Waals surface area contributed by atoms with E-state index < -0.39 is 4.75 Å². The van der Waals surface area contributed by atoms with E-state index in [0.29, 0.717) is 13.0 Å². The lowest BCUT2D eigenvalue weighted by Gasteiger charge is -2.37. The SMILES string of the molecule is CC(C)OC(=O)N1C[C@H](SC(c2ccccc2)(c2ccccc2)c2ccccc2)C[C@H]1CN=[N+]=[N-]. The number of hydrogen-bond acceptors (Lipinski definition) is 4. The molecule has 1 aliphatic heterocycles. The lowest BCUT2D eigenvalue weighted by atomic mass is 9.84. The highest BCUT2D eigenvalue weighted by molar-refractivity contribution is 8.01. The quantitative estimate of drug-likeness (QED) is 0.149. The minimum atomic E-state index is -0.477. The number of rotatable bonds is 8. The van der Waals surface area contributed by atoms with Crippen molar-refractivity contribution in [1.82, 2.24) is 4.90 Å². The lowest BCUT2D eigenvalue weighted by Crippen LogP contribution is -2.39. The van der Waals surface area contributed by atoms with Crippen LogP contribution in [0, 0.1) is 0 Å². The van der Waals surface area contributed by atoms with Gasteiger partial charge >= 0.3 is 6.09 Å². The minimum Gasteiger partial charge on any atom is -0.447 e. The molecule has 0 spiro atoms. The molecule has 3 aromatic carbocycles. The number of likely N-dealkylation sites (tertiary alicyclic amines) is 1. The molecule has 0 N–H and O–H groups in total. The summed E-state index contributed by atoms with van der Waals surface area (Å²) >= 11 is 1.85. The van der Waals surface area contributed by atoms with Crippen LogP contribution in [0.15, 0.2) is 96.1 Å². The molecule has 0 bridgehead atoms. The van der Waals surface area contributed by atoms with Crippen LogP contribution < -0.4 is 0 Å². The molecule has 1 amide bonds. The number of amides is 1. The summed E-state index contributed by atoms with van der Waals surface area (Å²) < 4.78 is 5.04. The van der Waals surface area contributed by atoms with Crippen LogP contribution >= 0.6 is 11.8 Å². The van der Waals surface area contributed by atoms with Crippen LogP contribution in [0.3, 0.4) is 0 Å². The molecule has 1 fully saturated rings. The number of carbonyl (C=O) groups excluding carboxylic acids is 1. The summed E-state index contributed by atoms with van der Waals surface area (Å²) in [6.45, 7) is 4.44. The fourth-order valence-electron chi connectivity index (χ4n) is 4.73. The first-order chi connectivity index (χ1) is 17.0. The van der Waals surface area contributed by atoms with Crippen molar-refractivity contribution in [3.05, 3.63) is 118 Å². The first kappa shape index (κ1) is 24.7. The summed E-state index contributed by atoms with van der Waals surface area (Å²) in [6.07, 6.45) is 0.142. The summed E-state index contributed by atoms with van der Waals surface area (Å²) in [6, 6.07) is 31.3. The molecule has 1 saturated heterocycles. The van der Waals surface area contributed by atoms with Crippen LogP contribution in [0.25, 0.3) is 10.4 Å². The molecule has 0 radical (unpaired) electrons. The molecule has 180 valence electrons. The predicted molar refractivity (Wildman–Crippen MR) is 141 cm³/mol.